The van der Waals surface area contributed by atoms with Crippen LogP contribution in [0.1, 0.15) is 10.4 Å². The number of benzene rings is 1. The van der Waals surface area contributed by atoms with Crippen molar-refractivity contribution >= 4 is 33.9 Å². The molecule has 0 unspecified atom stereocenters. The number of rotatable bonds is 1. The van der Waals surface area contributed by atoms with E-state index in [9.17, 15) is 9.59 Å². The molecule has 0 saturated heterocycles. The number of methoxy groups -OCH3 is 1. The Morgan fingerprint density at radius 1 is 1.47 bits per heavy atom. The van der Waals surface area contributed by atoms with Gasteiger partial charge in [0.1, 0.15) is 0 Å². The third kappa shape index (κ3) is 1.70. The van der Waals surface area contributed by atoms with E-state index >= 15 is 0 Å². The van der Waals surface area contributed by atoms with Gasteiger partial charge < -0.3 is 4.74 Å². The standard InChI is InChI=1S/C10H6BrNO3/c1-15-10(14)7-4-6(11)2-5-3-8(13)12-9(5)7/h2-4H,1H3. The van der Waals surface area contributed by atoms with Crippen molar-refractivity contribution in [2.75, 3.05) is 7.11 Å². The topological polar surface area (TPSA) is 55.7 Å². The smallest absolute Gasteiger partial charge is 0.340 e. The summed E-state index contributed by atoms with van der Waals surface area (Å²) in [5.41, 5.74) is 0.295. The molecule has 1 amide bonds. The lowest BCUT2D eigenvalue weighted by molar-refractivity contribution is -0.112. The zero-order valence-corrected chi connectivity index (χ0v) is 9.37. The molecule has 1 aliphatic heterocycles. The zero-order valence-electron chi connectivity index (χ0n) is 7.78. The van der Waals surface area contributed by atoms with Gasteiger partial charge >= 0.3 is 5.97 Å². The predicted molar refractivity (Wildman–Crippen MR) is 55.7 cm³/mol. The lowest BCUT2D eigenvalue weighted by Crippen LogP contribution is -2.29. The molecule has 0 aromatic heterocycles. The minimum atomic E-state index is -0.501. The van der Waals surface area contributed by atoms with E-state index in [4.69, 9.17) is 0 Å². The highest BCUT2D eigenvalue weighted by atomic mass is 79.9. The Morgan fingerprint density at radius 2 is 2.20 bits per heavy atom. The first-order valence-electron chi connectivity index (χ1n) is 4.14. The van der Waals surface area contributed by atoms with Gasteiger partial charge in [-0.25, -0.2) is 9.79 Å². The second kappa shape index (κ2) is 3.58. The van der Waals surface area contributed by atoms with Crippen LogP contribution in [-0.2, 0) is 9.53 Å². The molecule has 0 fully saturated rings. The van der Waals surface area contributed by atoms with E-state index in [0.29, 0.717) is 20.6 Å². The van der Waals surface area contributed by atoms with E-state index in [-0.39, 0.29) is 5.91 Å². The molecule has 1 aromatic rings. The maximum atomic E-state index is 11.4. The van der Waals surface area contributed by atoms with Crippen molar-refractivity contribution in [3.8, 4) is 0 Å². The summed E-state index contributed by atoms with van der Waals surface area (Å²) in [6, 6.07) is 3.32. The van der Waals surface area contributed by atoms with Crippen molar-refractivity contribution in [3.05, 3.63) is 32.7 Å². The summed E-state index contributed by atoms with van der Waals surface area (Å²) in [6.07, 6.45) is 1.38. The molecular weight excluding hydrogens is 262 g/mol. The maximum Gasteiger partial charge on any atom is 0.340 e. The van der Waals surface area contributed by atoms with E-state index < -0.39 is 5.97 Å². The number of carbonyl (C=O) groups excluding carboxylic acids is 2. The van der Waals surface area contributed by atoms with Crippen LogP contribution in [0, 0.1) is 0 Å². The highest BCUT2D eigenvalue weighted by Gasteiger charge is 2.14. The number of hydrogen-bond acceptors (Lipinski definition) is 3. The molecule has 2 rings (SSSR count). The van der Waals surface area contributed by atoms with Gasteiger partial charge in [0.05, 0.1) is 18.0 Å². The van der Waals surface area contributed by atoms with Crippen LogP contribution < -0.4 is 10.6 Å². The summed E-state index contributed by atoms with van der Waals surface area (Å²) in [5.74, 6) is -0.854. The normalized spacial score (nSPS) is 12.8. The quantitative estimate of drug-likeness (QED) is 0.682. The fraction of sp³-hybridized carbons (Fsp3) is 0.100. The molecule has 0 saturated carbocycles. The fourth-order valence-electron chi connectivity index (χ4n) is 1.40. The third-order valence-electron chi connectivity index (χ3n) is 2.01. The summed E-state index contributed by atoms with van der Waals surface area (Å²) in [7, 11) is 1.29. The average Bonchev–Trinajstić information content (AvgIpc) is 2.55. The Balaban J connectivity index is 2.80. The molecule has 0 radical (unpaired) electrons. The molecule has 0 bridgehead atoms. The van der Waals surface area contributed by atoms with Crippen LogP contribution in [-0.4, -0.2) is 19.0 Å². The lowest BCUT2D eigenvalue weighted by Gasteiger charge is -1.99. The Morgan fingerprint density at radius 3 is 2.87 bits per heavy atom. The van der Waals surface area contributed by atoms with Crippen molar-refractivity contribution < 1.29 is 14.3 Å². The molecule has 0 N–H and O–H groups in total. The number of esters is 1. The van der Waals surface area contributed by atoms with Crippen LogP contribution in [0.5, 0.6) is 0 Å². The minimum Gasteiger partial charge on any atom is -0.465 e. The molecule has 1 aromatic carbocycles. The van der Waals surface area contributed by atoms with Crippen LogP contribution in [0.4, 0.5) is 0 Å². The molecule has 76 valence electrons. The van der Waals surface area contributed by atoms with Crippen LogP contribution in [0.15, 0.2) is 21.6 Å². The molecule has 4 nitrogen and oxygen atoms in total. The fourth-order valence-corrected chi connectivity index (χ4v) is 1.87. The summed E-state index contributed by atoms with van der Waals surface area (Å²) in [4.78, 5) is 26.2. The Labute approximate surface area is 93.4 Å². The lowest BCUT2D eigenvalue weighted by atomic mass is 10.2. The van der Waals surface area contributed by atoms with Crippen molar-refractivity contribution in [2.24, 2.45) is 4.99 Å². The van der Waals surface area contributed by atoms with Crippen molar-refractivity contribution in [2.45, 2.75) is 0 Å². The van der Waals surface area contributed by atoms with E-state index in [1.165, 1.54) is 13.2 Å². The van der Waals surface area contributed by atoms with E-state index in [1.807, 2.05) is 0 Å². The van der Waals surface area contributed by atoms with Gasteiger partial charge in [-0.05, 0) is 12.1 Å². The first kappa shape index (κ1) is 10.0. The Hall–Kier alpha value is -1.49. The van der Waals surface area contributed by atoms with Crippen LogP contribution in [0.2, 0.25) is 0 Å². The van der Waals surface area contributed by atoms with E-state index in [2.05, 4.69) is 25.7 Å². The number of amides is 1. The second-order valence-corrected chi connectivity index (χ2v) is 3.89. The summed E-state index contributed by atoms with van der Waals surface area (Å²) >= 11 is 3.25. The number of fused-ring (bicyclic) bond motifs is 1. The van der Waals surface area contributed by atoms with Crippen molar-refractivity contribution in [1.29, 1.82) is 0 Å². The van der Waals surface area contributed by atoms with Crippen LogP contribution >= 0.6 is 15.9 Å². The predicted octanol–water partition coefficient (Wildman–Crippen LogP) is 0.176. The zero-order chi connectivity index (χ0) is 11.0. The van der Waals surface area contributed by atoms with Gasteiger partial charge in [-0.1, -0.05) is 15.9 Å². The van der Waals surface area contributed by atoms with Gasteiger partial charge in [0.25, 0.3) is 5.91 Å². The first-order valence-corrected chi connectivity index (χ1v) is 4.93. The number of nitrogens with zero attached hydrogens (tertiary/aromatic N) is 1. The highest BCUT2D eigenvalue weighted by Crippen LogP contribution is 2.08. The van der Waals surface area contributed by atoms with Gasteiger partial charge in [-0.2, -0.15) is 0 Å². The SMILES string of the molecule is COC(=O)c1cc(Br)cc2c1=NC(=O)C=2. The molecular formula is C10H6BrNO3. The first-order chi connectivity index (χ1) is 7.11. The van der Waals surface area contributed by atoms with Gasteiger partial charge in [0.15, 0.2) is 0 Å². The summed E-state index contributed by atoms with van der Waals surface area (Å²) in [6.45, 7) is 0. The van der Waals surface area contributed by atoms with E-state index in [1.54, 1.807) is 12.1 Å². The largest absolute Gasteiger partial charge is 0.465 e. The van der Waals surface area contributed by atoms with Gasteiger partial charge in [0.2, 0.25) is 0 Å². The van der Waals surface area contributed by atoms with Gasteiger partial charge in [0, 0.05) is 15.8 Å². The molecule has 1 aliphatic rings. The highest BCUT2D eigenvalue weighted by molar-refractivity contribution is 9.10. The molecule has 0 aliphatic carbocycles. The van der Waals surface area contributed by atoms with Crippen molar-refractivity contribution in [1.82, 2.24) is 0 Å². The van der Waals surface area contributed by atoms with E-state index in [0.717, 1.165) is 0 Å². The monoisotopic (exact) mass is 267 g/mol. The Kier molecular flexibility index (Phi) is 2.40. The molecule has 15 heavy (non-hydrogen) atoms. The number of halogens is 1. The molecule has 5 heteroatoms. The average molecular weight is 268 g/mol. The number of hydrogen-bond donors (Lipinski definition) is 0. The second-order valence-electron chi connectivity index (χ2n) is 2.98. The molecule has 1 heterocycles. The molecule has 0 atom stereocenters. The third-order valence-corrected chi connectivity index (χ3v) is 2.47. The van der Waals surface area contributed by atoms with Gasteiger partial charge in [-0.15, -0.1) is 0 Å². The number of ether oxygens (including phenoxy) is 1. The van der Waals surface area contributed by atoms with Crippen LogP contribution in [0.25, 0.3) is 6.08 Å². The summed E-state index contributed by atoms with van der Waals surface area (Å²) in [5, 5.41) is 1.02. The summed E-state index contributed by atoms with van der Waals surface area (Å²) < 4.78 is 5.32. The minimum absolute atomic E-state index is 0.295. The van der Waals surface area contributed by atoms with Crippen molar-refractivity contribution in [3.63, 3.8) is 0 Å². The maximum absolute atomic E-state index is 11.4. The van der Waals surface area contributed by atoms with Crippen LogP contribution in [0.3, 0.4) is 0 Å². The Bertz CT molecular complexity index is 577. The molecule has 0 spiro atoms. The van der Waals surface area contributed by atoms with Gasteiger partial charge in [-0.3, -0.25) is 4.79 Å². The number of carbonyl (C=O) groups is 2.